The highest BCUT2D eigenvalue weighted by Gasteiger charge is 2.16. The Morgan fingerprint density at radius 3 is 2.78 bits per heavy atom. The summed E-state index contributed by atoms with van der Waals surface area (Å²) in [6.45, 7) is 2.93. The van der Waals surface area contributed by atoms with Crippen molar-refractivity contribution in [1.82, 2.24) is 5.32 Å². The lowest BCUT2D eigenvalue weighted by Gasteiger charge is -2.02. The van der Waals surface area contributed by atoms with Crippen LogP contribution in [0.5, 0.6) is 5.75 Å². The van der Waals surface area contributed by atoms with E-state index in [0.29, 0.717) is 0 Å². The average molecular weight is 312 g/mol. The fourth-order valence-electron chi connectivity index (χ4n) is 2.18. The van der Waals surface area contributed by atoms with Crippen LogP contribution in [0, 0.1) is 0 Å². The number of halogens is 1. The topological polar surface area (TPSA) is 34.4 Å². The number of nitrogens with one attached hydrogen (secondary N) is 1. The van der Waals surface area contributed by atoms with Crippen molar-refractivity contribution < 1.29 is 9.15 Å². The van der Waals surface area contributed by atoms with Crippen LogP contribution < -0.4 is 10.1 Å². The third kappa shape index (κ3) is 2.40. The van der Waals surface area contributed by atoms with Gasteiger partial charge in [-0.15, -0.1) is 0 Å². The summed E-state index contributed by atoms with van der Waals surface area (Å²) in [5, 5.41) is 4.30. The number of rotatable bonds is 5. The van der Waals surface area contributed by atoms with E-state index in [9.17, 15) is 0 Å². The first kappa shape index (κ1) is 13.4. The van der Waals surface area contributed by atoms with Crippen LogP contribution in [0.1, 0.15) is 24.7 Å². The van der Waals surface area contributed by atoms with E-state index in [1.54, 1.807) is 7.11 Å². The third-order valence-corrected chi connectivity index (χ3v) is 3.57. The Hall–Kier alpha value is -1.00. The molecule has 1 aromatic carbocycles. The predicted octanol–water partition coefficient (Wildman–Crippen LogP) is 3.88. The number of hydrogen-bond donors (Lipinski definition) is 1. The molecule has 18 heavy (non-hydrogen) atoms. The van der Waals surface area contributed by atoms with Crippen LogP contribution in [0.15, 0.2) is 21.0 Å². The van der Waals surface area contributed by atoms with E-state index < -0.39 is 0 Å². The van der Waals surface area contributed by atoms with E-state index in [4.69, 9.17) is 9.15 Å². The molecule has 0 bridgehead atoms. The molecule has 0 fully saturated rings. The van der Waals surface area contributed by atoms with Gasteiger partial charge >= 0.3 is 0 Å². The van der Waals surface area contributed by atoms with E-state index in [2.05, 4.69) is 28.2 Å². The maximum Gasteiger partial charge on any atom is 0.149 e. The van der Waals surface area contributed by atoms with E-state index in [1.807, 2.05) is 19.2 Å². The van der Waals surface area contributed by atoms with E-state index in [0.717, 1.165) is 46.3 Å². The van der Waals surface area contributed by atoms with Crippen LogP contribution in [0.25, 0.3) is 11.0 Å². The smallest absolute Gasteiger partial charge is 0.149 e. The second-order valence-electron chi connectivity index (χ2n) is 4.27. The van der Waals surface area contributed by atoms with Gasteiger partial charge in [-0.25, -0.2) is 0 Å². The molecule has 1 N–H and O–H groups in total. The molecular formula is C14H18BrNO2. The van der Waals surface area contributed by atoms with Gasteiger partial charge in [0.05, 0.1) is 18.1 Å². The van der Waals surface area contributed by atoms with Crippen LogP contribution in [0.3, 0.4) is 0 Å². The largest absolute Gasteiger partial charge is 0.497 e. The SMILES string of the molecule is CCCc1c(CNC)oc2c(Br)cc(OC)cc12. The van der Waals surface area contributed by atoms with Gasteiger partial charge in [0, 0.05) is 10.9 Å². The highest BCUT2D eigenvalue weighted by molar-refractivity contribution is 9.10. The van der Waals surface area contributed by atoms with Crippen molar-refractivity contribution in [3.63, 3.8) is 0 Å². The van der Waals surface area contributed by atoms with Gasteiger partial charge in [0.25, 0.3) is 0 Å². The Kier molecular flexibility index (Phi) is 4.30. The molecule has 0 atom stereocenters. The van der Waals surface area contributed by atoms with Gasteiger partial charge in [-0.2, -0.15) is 0 Å². The Morgan fingerprint density at radius 1 is 1.39 bits per heavy atom. The van der Waals surface area contributed by atoms with Crippen molar-refractivity contribution in [2.75, 3.05) is 14.2 Å². The molecule has 0 aliphatic heterocycles. The Morgan fingerprint density at radius 2 is 2.17 bits per heavy atom. The van der Waals surface area contributed by atoms with Crippen LogP contribution in [-0.2, 0) is 13.0 Å². The number of fused-ring (bicyclic) bond motifs is 1. The van der Waals surface area contributed by atoms with Gasteiger partial charge in [-0.1, -0.05) is 13.3 Å². The number of furan rings is 1. The quantitative estimate of drug-likeness (QED) is 0.910. The molecule has 1 heterocycles. The summed E-state index contributed by atoms with van der Waals surface area (Å²) >= 11 is 3.54. The highest BCUT2D eigenvalue weighted by Crippen LogP contribution is 2.35. The van der Waals surface area contributed by atoms with Gasteiger partial charge in [0.15, 0.2) is 0 Å². The zero-order chi connectivity index (χ0) is 13.1. The van der Waals surface area contributed by atoms with Crippen molar-refractivity contribution in [3.8, 4) is 5.75 Å². The molecule has 2 rings (SSSR count). The molecule has 1 aromatic heterocycles. The van der Waals surface area contributed by atoms with Crippen LogP contribution in [0.2, 0.25) is 0 Å². The van der Waals surface area contributed by atoms with Crippen LogP contribution in [-0.4, -0.2) is 14.2 Å². The molecular weight excluding hydrogens is 294 g/mol. The van der Waals surface area contributed by atoms with Gasteiger partial charge in [-0.3, -0.25) is 0 Å². The second-order valence-corrected chi connectivity index (χ2v) is 5.12. The lowest BCUT2D eigenvalue weighted by molar-refractivity contribution is 0.415. The lowest BCUT2D eigenvalue weighted by Crippen LogP contribution is -2.05. The van der Waals surface area contributed by atoms with Crippen molar-refractivity contribution in [3.05, 3.63) is 27.9 Å². The molecule has 0 saturated carbocycles. The van der Waals surface area contributed by atoms with Crippen molar-refractivity contribution >= 4 is 26.9 Å². The minimum Gasteiger partial charge on any atom is -0.497 e. The summed E-state index contributed by atoms with van der Waals surface area (Å²) in [4.78, 5) is 0. The molecule has 0 radical (unpaired) electrons. The van der Waals surface area contributed by atoms with Gasteiger partial charge < -0.3 is 14.5 Å². The number of aryl methyl sites for hydroxylation is 1. The lowest BCUT2D eigenvalue weighted by atomic mass is 10.1. The summed E-state index contributed by atoms with van der Waals surface area (Å²) < 4.78 is 12.2. The molecule has 2 aromatic rings. The number of methoxy groups -OCH3 is 1. The molecule has 0 saturated heterocycles. The normalized spacial score (nSPS) is 11.1. The number of ether oxygens (including phenoxy) is 1. The molecule has 0 spiro atoms. The average Bonchev–Trinajstić information content (AvgIpc) is 2.70. The molecule has 4 heteroatoms. The minimum absolute atomic E-state index is 0.749. The third-order valence-electron chi connectivity index (χ3n) is 2.98. The Bertz CT molecular complexity index is 548. The van der Waals surface area contributed by atoms with E-state index in [1.165, 1.54) is 5.56 Å². The second kappa shape index (κ2) is 5.76. The summed E-state index contributed by atoms with van der Waals surface area (Å²) in [5.74, 6) is 1.87. The molecule has 0 unspecified atom stereocenters. The van der Waals surface area contributed by atoms with E-state index in [-0.39, 0.29) is 0 Å². The predicted molar refractivity (Wildman–Crippen MR) is 77.2 cm³/mol. The molecule has 0 aliphatic carbocycles. The monoisotopic (exact) mass is 311 g/mol. The summed E-state index contributed by atoms with van der Waals surface area (Å²) in [5.41, 5.74) is 2.19. The first-order chi connectivity index (χ1) is 8.71. The minimum atomic E-state index is 0.749. The van der Waals surface area contributed by atoms with Crippen molar-refractivity contribution in [2.45, 2.75) is 26.3 Å². The molecule has 3 nitrogen and oxygen atoms in total. The zero-order valence-corrected chi connectivity index (χ0v) is 12.6. The highest BCUT2D eigenvalue weighted by atomic mass is 79.9. The van der Waals surface area contributed by atoms with Crippen LogP contribution in [0.4, 0.5) is 0 Å². The Labute approximate surface area is 116 Å². The fourth-order valence-corrected chi connectivity index (χ4v) is 2.70. The first-order valence-electron chi connectivity index (χ1n) is 6.13. The zero-order valence-electron chi connectivity index (χ0n) is 11.0. The van der Waals surface area contributed by atoms with Gasteiger partial charge in [-0.05, 0) is 41.5 Å². The summed E-state index contributed by atoms with van der Waals surface area (Å²) in [7, 11) is 3.61. The summed E-state index contributed by atoms with van der Waals surface area (Å²) in [6.07, 6.45) is 2.11. The number of benzene rings is 1. The van der Waals surface area contributed by atoms with Crippen LogP contribution >= 0.6 is 15.9 Å². The first-order valence-corrected chi connectivity index (χ1v) is 6.93. The van der Waals surface area contributed by atoms with Gasteiger partial charge in [0.2, 0.25) is 0 Å². The molecule has 0 amide bonds. The molecule has 0 aliphatic rings. The molecule has 98 valence electrons. The van der Waals surface area contributed by atoms with E-state index >= 15 is 0 Å². The Balaban J connectivity index is 2.64. The maximum absolute atomic E-state index is 5.96. The van der Waals surface area contributed by atoms with Crippen molar-refractivity contribution in [1.29, 1.82) is 0 Å². The fraction of sp³-hybridized carbons (Fsp3) is 0.429. The standard InChI is InChI=1S/C14H18BrNO2/c1-4-5-10-11-6-9(17-3)7-12(15)14(11)18-13(10)8-16-2/h6-7,16H,4-5,8H2,1-3H3. The van der Waals surface area contributed by atoms with Gasteiger partial charge in [0.1, 0.15) is 17.1 Å². The maximum atomic E-state index is 5.96. The van der Waals surface area contributed by atoms with Crippen molar-refractivity contribution in [2.24, 2.45) is 0 Å². The number of hydrogen-bond acceptors (Lipinski definition) is 3. The summed E-state index contributed by atoms with van der Waals surface area (Å²) in [6, 6.07) is 3.98.